The van der Waals surface area contributed by atoms with E-state index in [-0.39, 0.29) is 6.54 Å². The molecule has 0 saturated heterocycles. The molecular formula is C12H16F2N2. The third kappa shape index (κ3) is 2.43. The highest BCUT2D eigenvalue weighted by molar-refractivity contribution is 5.61. The Kier molecular flexibility index (Phi) is 3.27. The van der Waals surface area contributed by atoms with Crippen molar-refractivity contribution in [2.24, 2.45) is 0 Å². The highest BCUT2D eigenvalue weighted by Crippen LogP contribution is 2.26. The minimum atomic E-state index is -2.29. The third-order valence-electron chi connectivity index (χ3n) is 2.88. The van der Waals surface area contributed by atoms with Crippen molar-refractivity contribution < 1.29 is 8.78 Å². The molecule has 16 heavy (non-hydrogen) atoms. The number of anilines is 2. The Labute approximate surface area is 94.3 Å². The fraction of sp³-hybridized carbons (Fsp3) is 0.500. The van der Waals surface area contributed by atoms with Gasteiger partial charge in [0.2, 0.25) is 0 Å². The lowest BCUT2D eigenvalue weighted by molar-refractivity contribution is 0.156. The number of rotatable bonds is 3. The summed E-state index contributed by atoms with van der Waals surface area (Å²) in [7, 11) is 1.70. The number of alkyl halides is 2. The Balaban J connectivity index is 2.16. The van der Waals surface area contributed by atoms with Gasteiger partial charge >= 0.3 is 0 Å². The quantitative estimate of drug-likeness (QED) is 0.852. The molecule has 0 radical (unpaired) electrons. The van der Waals surface area contributed by atoms with Gasteiger partial charge in [-0.1, -0.05) is 0 Å². The van der Waals surface area contributed by atoms with E-state index < -0.39 is 6.43 Å². The molecule has 1 aromatic rings. The monoisotopic (exact) mass is 226 g/mol. The lowest BCUT2D eigenvalue weighted by atomic mass is 10.0. The van der Waals surface area contributed by atoms with E-state index in [4.69, 9.17) is 0 Å². The van der Waals surface area contributed by atoms with Crippen molar-refractivity contribution in [3.8, 4) is 0 Å². The molecule has 0 bridgehead atoms. The summed E-state index contributed by atoms with van der Waals surface area (Å²) >= 11 is 0. The van der Waals surface area contributed by atoms with E-state index in [0.29, 0.717) is 0 Å². The Morgan fingerprint density at radius 1 is 1.44 bits per heavy atom. The Hall–Kier alpha value is -1.32. The summed E-state index contributed by atoms with van der Waals surface area (Å²) in [5.41, 5.74) is 3.23. The standard InChI is InChI=1S/C12H16F2N2/c1-16(8-12(13)14)10-4-5-11-9(7-10)3-2-6-15-11/h4-5,7,12,15H,2-3,6,8H2,1H3. The average molecular weight is 226 g/mol. The SMILES string of the molecule is CN(CC(F)F)c1ccc2c(c1)CCCN2. The molecule has 0 aromatic heterocycles. The van der Waals surface area contributed by atoms with Gasteiger partial charge in [0, 0.05) is 25.0 Å². The number of benzene rings is 1. The molecular weight excluding hydrogens is 210 g/mol. The Morgan fingerprint density at radius 2 is 2.25 bits per heavy atom. The maximum Gasteiger partial charge on any atom is 0.255 e. The van der Waals surface area contributed by atoms with Gasteiger partial charge < -0.3 is 10.2 Å². The van der Waals surface area contributed by atoms with Gasteiger partial charge in [-0.3, -0.25) is 0 Å². The van der Waals surface area contributed by atoms with Gasteiger partial charge in [0.15, 0.2) is 0 Å². The van der Waals surface area contributed by atoms with Crippen LogP contribution in [-0.2, 0) is 6.42 Å². The van der Waals surface area contributed by atoms with Crippen LogP contribution >= 0.6 is 0 Å². The van der Waals surface area contributed by atoms with Crippen molar-refractivity contribution in [3.05, 3.63) is 23.8 Å². The first kappa shape index (κ1) is 11.2. The van der Waals surface area contributed by atoms with Crippen molar-refractivity contribution in [1.29, 1.82) is 0 Å². The molecule has 1 heterocycles. The largest absolute Gasteiger partial charge is 0.385 e. The van der Waals surface area contributed by atoms with Crippen molar-refractivity contribution >= 4 is 11.4 Å². The highest BCUT2D eigenvalue weighted by atomic mass is 19.3. The van der Waals surface area contributed by atoms with Crippen molar-refractivity contribution in [1.82, 2.24) is 0 Å². The molecule has 0 spiro atoms. The van der Waals surface area contributed by atoms with Crippen molar-refractivity contribution in [3.63, 3.8) is 0 Å². The summed E-state index contributed by atoms with van der Waals surface area (Å²) in [6, 6.07) is 5.87. The maximum absolute atomic E-state index is 12.3. The first-order valence-corrected chi connectivity index (χ1v) is 5.53. The predicted molar refractivity (Wildman–Crippen MR) is 62.5 cm³/mol. The fourth-order valence-electron chi connectivity index (χ4n) is 2.01. The number of nitrogens with zero attached hydrogens (tertiary/aromatic N) is 1. The van der Waals surface area contributed by atoms with Crippen LogP contribution in [0.25, 0.3) is 0 Å². The minimum absolute atomic E-state index is 0.216. The van der Waals surface area contributed by atoms with E-state index in [0.717, 1.165) is 30.8 Å². The lowest BCUT2D eigenvalue weighted by Crippen LogP contribution is -2.24. The number of aryl methyl sites for hydroxylation is 1. The second kappa shape index (κ2) is 4.68. The topological polar surface area (TPSA) is 15.3 Å². The predicted octanol–water partition coefficient (Wildman–Crippen LogP) is 2.75. The summed E-state index contributed by atoms with van der Waals surface area (Å²) in [6.45, 7) is 0.783. The van der Waals surface area contributed by atoms with Crippen LogP contribution in [0.5, 0.6) is 0 Å². The minimum Gasteiger partial charge on any atom is -0.385 e. The highest BCUT2D eigenvalue weighted by Gasteiger charge is 2.12. The zero-order chi connectivity index (χ0) is 11.5. The van der Waals surface area contributed by atoms with Gasteiger partial charge in [0.05, 0.1) is 6.54 Å². The van der Waals surface area contributed by atoms with Gasteiger partial charge in [-0.15, -0.1) is 0 Å². The molecule has 0 amide bonds. The van der Waals surface area contributed by atoms with Gasteiger partial charge in [-0.05, 0) is 36.6 Å². The van der Waals surface area contributed by atoms with Crippen LogP contribution in [0.1, 0.15) is 12.0 Å². The van der Waals surface area contributed by atoms with Gasteiger partial charge in [0.1, 0.15) is 0 Å². The van der Waals surface area contributed by atoms with E-state index in [9.17, 15) is 8.78 Å². The lowest BCUT2D eigenvalue weighted by Gasteiger charge is -2.23. The third-order valence-corrected chi connectivity index (χ3v) is 2.88. The van der Waals surface area contributed by atoms with E-state index >= 15 is 0 Å². The van der Waals surface area contributed by atoms with Gasteiger partial charge in [0.25, 0.3) is 6.43 Å². The number of halogens is 2. The molecule has 1 aliphatic heterocycles. The van der Waals surface area contributed by atoms with Crippen LogP contribution in [0.15, 0.2) is 18.2 Å². The average Bonchev–Trinajstić information content (AvgIpc) is 2.27. The van der Waals surface area contributed by atoms with Crippen LogP contribution in [0.3, 0.4) is 0 Å². The van der Waals surface area contributed by atoms with E-state index in [2.05, 4.69) is 5.32 Å². The summed E-state index contributed by atoms with van der Waals surface area (Å²) < 4.78 is 24.5. The van der Waals surface area contributed by atoms with E-state index in [1.165, 1.54) is 5.56 Å². The molecule has 1 aliphatic rings. The summed E-state index contributed by atoms with van der Waals surface area (Å²) in [5.74, 6) is 0. The second-order valence-electron chi connectivity index (χ2n) is 4.14. The van der Waals surface area contributed by atoms with E-state index in [1.807, 2.05) is 18.2 Å². The second-order valence-corrected chi connectivity index (χ2v) is 4.14. The zero-order valence-electron chi connectivity index (χ0n) is 9.34. The zero-order valence-corrected chi connectivity index (χ0v) is 9.34. The molecule has 2 rings (SSSR count). The van der Waals surface area contributed by atoms with Crippen LogP contribution in [-0.4, -0.2) is 26.6 Å². The van der Waals surface area contributed by atoms with Crippen molar-refractivity contribution in [2.75, 3.05) is 30.4 Å². The number of hydrogen-bond acceptors (Lipinski definition) is 2. The molecule has 1 aromatic carbocycles. The molecule has 4 heteroatoms. The number of fused-ring (bicyclic) bond motifs is 1. The molecule has 0 atom stereocenters. The maximum atomic E-state index is 12.3. The number of nitrogens with one attached hydrogen (secondary N) is 1. The number of hydrogen-bond donors (Lipinski definition) is 1. The molecule has 2 nitrogen and oxygen atoms in total. The Morgan fingerprint density at radius 3 is 3.00 bits per heavy atom. The van der Waals surface area contributed by atoms with Crippen LogP contribution in [0, 0.1) is 0 Å². The van der Waals surface area contributed by atoms with Crippen LogP contribution in [0.2, 0.25) is 0 Å². The smallest absolute Gasteiger partial charge is 0.255 e. The molecule has 0 fully saturated rings. The molecule has 1 N–H and O–H groups in total. The fourth-order valence-corrected chi connectivity index (χ4v) is 2.01. The van der Waals surface area contributed by atoms with Crippen molar-refractivity contribution in [2.45, 2.75) is 19.3 Å². The molecule has 0 aliphatic carbocycles. The van der Waals surface area contributed by atoms with Gasteiger partial charge in [-0.2, -0.15) is 0 Å². The molecule has 0 unspecified atom stereocenters. The Bertz CT molecular complexity index is 366. The normalized spacial score (nSPS) is 14.5. The van der Waals surface area contributed by atoms with Crippen LogP contribution < -0.4 is 10.2 Å². The summed E-state index contributed by atoms with van der Waals surface area (Å²) in [5, 5.41) is 3.30. The first-order chi connectivity index (χ1) is 7.66. The van der Waals surface area contributed by atoms with Crippen LogP contribution in [0.4, 0.5) is 20.2 Å². The molecule has 0 saturated carbocycles. The summed E-state index contributed by atoms with van der Waals surface area (Å²) in [4.78, 5) is 1.60. The first-order valence-electron chi connectivity index (χ1n) is 5.53. The molecule has 88 valence electrons. The van der Waals surface area contributed by atoms with Gasteiger partial charge in [-0.25, -0.2) is 8.78 Å². The van der Waals surface area contributed by atoms with E-state index in [1.54, 1.807) is 11.9 Å². The summed E-state index contributed by atoms with van der Waals surface area (Å²) in [6.07, 6.45) is -0.160.